The third-order valence-electron chi connectivity index (χ3n) is 2.98. The van der Waals surface area contributed by atoms with E-state index in [1.807, 2.05) is 0 Å². The van der Waals surface area contributed by atoms with Crippen LogP contribution in [0, 0.1) is 0 Å². The molecule has 0 saturated heterocycles. The molecule has 1 aromatic heterocycles. The molecule has 0 unspecified atom stereocenters. The van der Waals surface area contributed by atoms with Crippen LogP contribution in [-0.4, -0.2) is 15.0 Å². The Hall–Kier alpha value is -0.990. The van der Waals surface area contributed by atoms with E-state index in [4.69, 9.17) is 0 Å². The molecule has 3 nitrogen and oxygen atoms in total. The van der Waals surface area contributed by atoms with Crippen molar-refractivity contribution in [2.45, 2.75) is 50.9 Å². The average Bonchev–Trinajstić information content (AvgIpc) is 2.18. The van der Waals surface area contributed by atoms with Crippen molar-refractivity contribution < 1.29 is 0 Å². The number of hydrogen-bond acceptors (Lipinski definition) is 3. The first-order valence-corrected chi connectivity index (χ1v) is 5.59. The first-order chi connectivity index (χ1) is 6.97. The van der Waals surface area contributed by atoms with Crippen molar-refractivity contribution >= 4 is 0 Å². The summed E-state index contributed by atoms with van der Waals surface area (Å²) < 4.78 is 0. The topological polar surface area (TPSA) is 38.7 Å². The highest BCUT2D eigenvalue weighted by atomic mass is 15.0. The average molecular weight is 191 g/mol. The molecule has 1 aliphatic carbocycles. The lowest BCUT2D eigenvalue weighted by atomic mass is 9.91. The molecule has 1 fully saturated rings. The fourth-order valence-corrected chi connectivity index (χ4v) is 2.17. The molecule has 0 aromatic carbocycles. The van der Waals surface area contributed by atoms with Crippen molar-refractivity contribution in [2.24, 2.45) is 0 Å². The van der Waals surface area contributed by atoms with E-state index in [0.717, 1.165) is 5.82 Å². The van der Waals surface area contributed by atoms with Crippen molar-refractivity contribution in [1.29, 1.82) is 0 Å². The maximum atomic E-state index is 4.25. The highest BCUT2D eigenvalue weighted by molar-refractivity contribution is 4.93. The Morgan fingerprint density at radius 2 is 1.43 bits per heavy atom. The zero-order valence-corrected chi connectivity index (χ0v) is 8.52. The second-order valence-electron chi connectivity index (χ2n) is 4.04. The smallest absolute Gasteiger partial charge is 0.135 e. The van der Waals surface area contributed by atoms with E-state index < -0.39 is 0 Å². The summed E-state index contributed by atoms with van der Waals surface area (Å²) in [5, 5.41) is 0. The zero-order valence-electron chi connectivity index (χ0n) is 8.52. The van der Waals surface area contributed by atoms with Crippen molar-refractivity contribution in [1.82, 2.24) is 15.0 Å². The lowest BCUT2D eigenvalue weighted by Crippen LogP contribution is -2.06. The Kier molecular flexibility index (Phi) is 3.44. The minimum absolute atomic E-state index is 0.582. The van der Waals surface area contributed by atoms with Gasteiger partial charge in [-0.25, -0.2) is 15.0 Å². The Labute approximate surface area is 85.0 Å². The van der Waals surface area contributed by atoms with Gasteiger partial charge in [0, 0.05) is 5.92 Å². The fraction of sp³-hybridized carbons (Fsp3) is 0.727. The lowest BCUT2D eigenvalue weighted by molar-refractivity contribution is 0.441. The first kappa shape index (κ1) is 9.56. The van der Waals surface area contributed by atoms with Gasteiger partial charge in [0.1, 0.15) is 18.5 Å². The van der Waals surface area contributed by atoms with Gasteiger partial charge < -0.3 is 0 Å². The second kappa shape index (κ2) is 5.03. The van der Waals surface area contributed by atoms with Gasteiger partial charge in [-0.3, -0.25) is 0 Å². The number of aromatic nitrogens is 3. The van der Waals surface area contributed by atoms with Crippen molar-refractivity contribution in [3.05, 3.63) is 18.5 Å². The van der Waals surface area contributed by atoms with Crippen LogP contribution >= 0.6 is 0 Å². The summed E-state index contributed by atoms with van der Waals surface area (Å²) in [4.78, 5) is 12.4. The van der Waals surface area contributed by atoms with Crippen LogP contribution in [0.1, 0.15) is 56.7 Å². The standard InChI is InChI=1S/C11H17N3/c1-2-4-6-10(7-5-3-1)11-13-8-12-9-14-11/h8-10H,1-7H2. The van der Waals surface area contributed by atoms with E-state index in [9.17, 15) is 0 Å². The van der Waals surface area contributed by atoms with Crippen molar-refractivity contribution in [2.75, 3.05) is 0 Å². The molecule has 0 radical (unpaired) electrons. The highest BCUT2D eigenvalue weighted by Crippen LogP contribution is 2.28. The van der Waals surface area contributed by atoms with Crippen molar-refractivity contribution in [3.8, 4) is 0 Å². The molecule has 0 atom stereocenters. The molecule has 76 valence electrons. The van der Waals surface area contributed by atoms with E-state index in [1.54, 1.807) is 12.7 Å². The van der Waals surface area contributed by atoms with Gasteiger partial charge in [-0.2, -0.15) is 0 Å². The molecule has 14 heavy (non-hydrogen) atoms. The number of nitrogens with zero attached hydrogens (tertiary/aromatic N) is 3. The maximum absolute atomic E-state index is 4.25. The van der Waals surface area contributed by atoms with Crippen LogP contribution in [0.25, 0.3) is 0 Å². The van der Waals surface area contributed by atoms with Gasteiger partial charge in [0.2, 0.25) is 0 Å². The van der Waals surface area contributed by atoms with Crippen LogP contribution in [0.3, 0.4) is 0 Å². The summed E-state index contributed by atoms with van der Waals surface area (Å²) in [7, 11) is 0. The molecule has 1 saturated carbocycles. The first-order valence-electron chi connectivity index (χ1n) is 5.59. The fourth-order valence-electron chi connectivity index (χ4n) is 2.17. The maximum Gasteiger partial charge on any atom is 0.135 e. The minimum Gasteiger partial charge on any atom is -0.225 e. The van der Waals surface area contributed by atoms with E-state index in [2.05, 4.69) is 15.0 Å². The summed E-state index contributed by atoms with van der Waals surface area (Å²) in [6, 6.07) is 0. The Bertz CT molecular complexity index is 252. The molecule has 1 aliphatic rings. The van der Waals surface area contributed by atoms with Crippen LogP contribution < -0.4 is 0 Å². The molecular formula is C11H17N3. The SMILES string of the molecule is c1ncnc(C2CCCCCCC2)n1. The summed E-state index contributed by atoms with van der Waals surface area (Å²) >= 11 is 0. The summed E-state index contributed by atoms with van der Waals surface area (Å²) in [6.07, 6.45) is 12.6. The molecule has 0 N–H and O–H groups in total. The summed E-state index contributed by atoms with van der Waals surface area (Å²) in [6.45, 7) is 0. The van der Waals surface area contributed by atoms with Gasteiger partial charge in [0.05, 0.1) is 0 Å². The summed E-state index contributed by atoms with van der Waals surface area (Å²) in [5.41, 5.74) is 0. The predicted molar refractivity (Wildman–Crippen MR) is 54.9 cm³/mol. The minimum atomic E-state index is 0.582. The normalized spacial score (nSPS) is 20.0. The van der Waals surface area contributed by atoms with Gasteiger partial charge in [-0.15, -0.1) is 0 Å². The third-order valence-corrected chi connectivity index (χ3v) is 2.98. The van der Waals surface area contributed by atoms with E-state index in [-0.39, 0.29) is 0 Å². The largest absolute Gasteiger partial charge is 0.225 e. The van der Waals surface area contributed by atoms with Crippen molar-refractivity contribution in [3.63, 3.8) is 0 Å². The van der Waals surface area contributed by atoms with Crippen LogP contribution in [-0.2, 0) is 0 Å². The quantitative estimate of drug-likeness (QED) is 0.685. The monoisotopic (exact) mass is 191 g/mol. The molecule has 1 aromatic rings. The zero-order chi connectivity index (χ0) is 9.64. The van der Waals surface area contributed by atoms with Gasteiger partial charge in [0.25, 0.3) is 0 Å². The number of hydrogen-bond donors (Lipinski definition) is 0. The Balaban J connectivity index is 2.01. The Morgan fingerprint density at radius 3 is 2.07 bits per heavy atom. The molecule has 3 heteroatoms. The van der Waals surface area contributed by atoms with Gasteiger partial charge in [-0.05, 0) is 12.8 Å². The van der Waals surface area contributed by atoms with Crippen LogP contribution in [0.4, 0.5) is 0 Å². The molecule has 0 bridgehead atoms. The van der Waals surface area contributed by atoms with Crippen LogP contribution in [0.5, 0.6) is 0 Å². The number of rotatable bonds is 1. The van der Waals surface area contributed by atoms with Gasteiger partial charge in [0.15, 0.2) is 0 Å². The molecule has 0 spiro atoms. The highest BCUT2D eigenvalue weighted by Gasteiger charge is 2.15. The van der Waals surface area contributed by atoms with E-state index in [1.165, 1.54) is 44.9 Å². The lowest BCUT2D eigenvalue weighted by Gasteiger charge is -2.17. The van der Waals surface area contributed by atoms with E-state index in [0.29, 0.717) is 5.92 Å². The molecule has 2 rings (SSSR count). The van der Waals surface area contributed by atoms with E-state index >= 15 is 0 Å². The summed E-state index contributed by atoms with van der Waals surface area (Å²) in [5.74, 6) is 1.58. The molecule has 1 heterocycles. The predicted octanol–water partition coefficient (Wildman–Crippen LogP) is 2.70. The third kappa shape index (κ3) is 2.50. The second-order valence-corrected chi connectivity index (χ2v) is 4.04. The molecular weight excluding hydrogens is 174 g/mol. The van der Waals surface area contributed by atoms with Gasteiger partial charge >= 0.3 is 0 Å². The molecule has 0 aliphatic heterocycles. The molecule has 0 amide bonds. The van der Waals surface area contributed by atoms with Gasteiger partial charge in [-0.1, -0.05) is 32.1 Å². The van der Waals surface area contributed by atoms with Crippen LogP contribution in [0.2, 0.25) is 0 Å². The van der Waals surface area contributed by atoms with Crippen LogP contribution in [0.15, 0.2) is 12.7 Å². The Morgan fingerprint density at radius 1 is 0.857 bits per heavy atom.